The van der Waals surface area contributed by atoms with E-state index in [2.05, 4.69) is 16.8 Å². The maximum atomic E-state index is 3.66. The number of allylic oxidation sites excluding steroid dienone is 2. The Morgan fingerprint density at radius 1 is 1.56 bits per heavy atom. The summed E-state index contributed by atoms with van der Waals surface area (Å²) in [5.41, 5.74) is 0. The van der Waals surface area contributed by atoms with Crippen LogP contribution in [0.4, 0.5) is 0 Å². The van der Waals surface area contributed by atoms with Crippen LogP contribution in [0.25, 0.3) is 0 Å². The molecule has 0 saturated heterocycles. The van der Waals surface area contributed by atoms with Gasteiger partial charge in [-0.1, -0.05) is 19.1 Å². The first-order valence-corrected chi connectivity index (χ1v) is 2.89. The van der Waals surface area contributed by atoms with Gasteiger partial charge in [-0.2, -0.15) is 10.2 Å². The molecule has 1 unspecified atom stereocenters. The van der Waals surface area contributed by atoms with E-state index >= 15 is 0 Å². The van der Waals surface area contributed by atoms with Crippen LogP contribution in [0.5, 0.6) is 0 Å². The maximum Gasteiger partial charge on any atom is 0.0491 e. The van der Waals surface area contributed by atoms with Crippen LogP contribution >= 0.6 is 0 Å². The fourth-order valence-electron chi connectivity index (χ4n) is 0.319. The second-order valence-electron chi connectivity index (χ2n) is 1.75. The smallest absolute Gasteiger partial charge is 0.0491 e. The van der Waals surface area contributed by atoms with Crippen LogP contribution in [0.2, 0.25) is 0 Å². The summed E-state index contributed by atoms with van der Waals surface area (Å²) in [5, 5.41) is 7.20. The Morgan fingerprint density at radius 3 is 2.67 bits per heavy atom. The average molecular weight is 124 g/mol. The number of nitrogens with zero attached hydrogens (tertiary/aromatic N) is 2. The number of azo groups is 1. The second kappa shape index (κ2) is 5.22. The van der Waals surface area contributed by atoms with Gasteiger partial charge in [-0.05, 0) is 5.92 Å². The largest absolute Gasteiger partial charge is 0.193 e. The minimum atomic E-state index is 0.385. The summed E-state index contributed by atoms with van der Waals surface area (Å²) in [6, 6.07) is 0. The first kappa shape index (κ1) is 8.08. The molecule has 0 aliphatic heterocycles. The van der Waals surface area contributed by atoms with Gasteiger partial charge in [-0.25, -0.2) is 0 Å². The lowest BCUT2D eigenvalue weighted by Gasteiger charge is -1.90. The highest BCUT2D eigenvalue weighted by Gasteiger charge is 1.83. The van der Waals surface area contributed by atoms with Gasteiger partial charge in [0.2, 0.25) is 0 Å². The molecule has 1 atom stereocenters. The minimum absolute atomic E-state index is 0.385. The average Bonchev–Trinajstić information content (AvgIpc) is 1.89. The minimum Gasteiger partial charge on any atom is -0.193 e. The Hall–Kier alpha value is -0.920. The van der Waals surface area contributed by atoms with Crippen molar-refractivity contribution in [3.8, 4) is 0 Å². The van der Waals surface area contributed by atoms with Crippen LogP contribution in [-0.4, -0.2) is 7.05 Å². The highest BCUT2D eigenvalue weighted by atomic mass is 15.1. The molecule has 0 aliphatic rings. The number of rotatable bonds is 3. The van der Waals surface area contributed by atoms with Crippen molar-refractivity contribution in [3.05, 3.63) is 24.9 Å². The van der Waals surface area contributed by atoms with Crippen molar-refractivity contribution in [2.75, 3.05) is 7.05 Å². The van der Waals surface area contributed by atoms with Gasteiger partial charge in [-0.15, -0.1) is 6.58 Å². The molecule has 0 spiro atoms. The van der Waals surface area contributed by atoms with Crippen molar-refractivity contribution in [1.82, 2.24) is 0 Å². The van der Waals surface area contributed by atoms with Crippen LogP contribution in [0.3, 0.4) is 0 Å². The van der Waals surface area contributed by atoms with Crippen molar-refractivity contribution < 1.29 is 0 Å². The lowest BCUT2D eigenvalue weighted by molar-refractivity contribution is 0.934. The van der Waals surface area contributed by atoms with E-state index in [4.69, 9.17) is 0 Å². The molecule has 0 bridgehead atoms. The highest BCUT2D eigenvalue weighted by molar-refractivity contribution is 4.92. The molecule has 2 nitrogen and oxygen atoms in total. The monoisotopic (exact) mass is 124 g/mol. The van der Waals surface area contributed by atoms with Crippen molar-refractivity contribution in [2.45, 2.75) is 6.92 Å². The summed E-state index contributed by atoms with van der Waals surface area (Å²) in [7, 11) is 1.64. The quantitative estimate of drug-likeness (QED) is 0.407. The van der Waals surface area contributed by atoms with E-state index in [0.717, 1.165) is 0 Å². The van der Waals surface area contributed by atoms with E-state index in [0.29, 0.717) is 5.92 Å². The third-order valence-electron chi connectivity index (χ3n) is 0.944. The lowest BCUT2D eigenvalue weighted by atomic mass is 10.2. The Morgan fingerprint density at radius 2 is 2.22 bits per heavy atom. The van der Waals surface area contributed by atoms with E-state index in [1.807, 2.05) is 19.1 Å². The van der Waals surface area contributed by atoms with Crippen LogP contribution in [-0.2, 0) is 0 Å². The van der Waals surface area contributed by atoms with E-state index in [-0.39, 0.29) is 0 Å². The predicted octanol–water partition coefficient (Wildman–Crippen LogP) is 2.40. The van der Waals surface area contributed by atoms with Gasteiger partial charge >= 0.3 is 0 Å². The maximum absolute atomic E-state index is 3.66. The third kappa shape index (κ3) is 4.94. The standard InChI is InChI=1S/C7H12N2/c1-4-7(2)5-6-9-8-3/h4-7H,1H2,2-3H3/b6-5-,9-8?. The molecule has 0 aromatic heterocycles. The van der Waals surface area contributed by atoms with Gasteiger partial charge in [-0.3, -0.25) is 0 Å². The first-order chi connectivity index (χ1) is 4.31. The number of hydrogen-bond donors (Lipinski definition) is 0. The molecule has 0 aromatic carbocycles. The van der Waals surface area contributed by atoms with Crippen LogP contribution < -0.4 is 0 Å². The summed E-state index contributed by atoms with van der Waals surface area (Å²) < 4.78 is 0. The van der Waals surface area contributed by atoms with Crippen LogP contribution in [0.1, 0.15) is 6.92 Å². The molecule has 0 saturated carbocycles. The zero-order valence-electron chi connectivity index (χ0n) is 5.91. The van der Waals surface area contributed by atoms with Crippen LogP contribution in [0.15, 0.2) is 35.2 Å². The fraction of sp³-hybridized carbons (Fsp3) is 0.429. The van der Waals surface area contributed by atoms with Crippen molar-refractivity contribution in [1.29, 1.82) is 0 Å². The van der Waals surface area contributed by atoms with Crippen LogP contribution in [0, 0.1) is 5.92 Å². The van der Waals surface area contributed by atoms with Gasteiger partial charge in [0.05, 0.1) is 0 Å². The summed E-state index contributed by atoms with van der Waals surface area (Å²) in [6.45, 7) is 5.65. The van der Waals surface area contributed by atoms with Crippen molar-refractivity contribution in [3.63, 3.8) is 0 Å². The summed E-state index contributed by atoms with van der Waals surface area (Å²) >= 11 is 0. The van der Waals surface area contributed by atoms with Gasteiger partial charge in [0.15, 0.2) is 0 Å². The first-order valence-electron chi connectivity index (χ1n) is 2.89. The molecule has 0 amide bonds. The summed E-state index contributed by atoms with van der Waals surface area (Å²) in [5.74, 6) is 0.385. The molecule has 0 heterocycles. The zero-order chi connectivity index (χ0) is 7.11. The van der Waals surface area contributed by atoms with Crippen molar-refractivity contribution in [2.24, 2.45) is 16.1 Å². The molecule has 0 radical (unpaired) electrons. The molecule has 2 heteroatoms. The summed E-state index contributed by atoms with van der Waals surface area (Å²) in [4.78, 5) is 0. The highest BCUT2D eigenvalue weighted by Crippen LogP contribution is 1.96. The Kier molecular flexibility index (Phi) is 4.69. The Bertz CT molecular complexity index is 125. The Labute approximate surface area is 56.0 Å². The van der Waals surface area contributed by atoms with Gasteiger partial charge in [0.25, 0.3) is 0 Å². The molecule has 9 heavy (non-hydrogen) atoms. The fourth-order valence-corrected chi connectivity index (χ4v) is 0.319. The van der Waals surface area contributed by atoms with E-state index in [1.165, 1.54) is 0 Å². The van der Waals surface area contributed by atoms with Gasteiger partial charge < -0.3 is 0 Å². The third-order valence-corrected chi connectivity index (χ3v) is 0.944. The van der Waals surface area contributed by atoms with E-state index in [9.17, 15) is 0 Å². The molecular weight excluding hydrogens is 112 g/mol. The molecule has 0 rings (SSSR count). The normalized spacial score (nSPS) is 14.9. The van der Waals surface area contributed by atoms with Gasteiger partial charge in [0.1, 0.15) is 0 Å². The molecule has 0 fully saturated rings. The lowest BCUT2D eigenvalue weighted by Crippen LogP contribution is -1.77. The molecule has 0 aromatic rings. The van der Waals surface area contributed by atoms with E-state index < -0.39 is 0 Å². The molecule has 50 valence electrons. The topological polar surface area (TPSA) is 24.7 Å². The SMILES string of the molecule is C=CC(C)/C=C\N=NC. The van der Waals surface area contributed by atoms with Crippen molar-refractivity contribution >= 4 is 0 Å². The second-order valence-corrected chi connectivity index (χ2v) is 1.75. The Balaban J connectivity index is 3.55. The number of hydrogen-bond acceptors (Lipinski definition) is 2. The molecular formula is C7H12N2. The summed E-state index contributed by atoms with van der Waals surface area (Å²) in [6.07, 6.45) is 5.45. The molecule has 0 N–H and O–H groups in total. The zero-order valence-corrected chi connectivity index (χ0v) is 5.91. The van der Waals surface area contributed by atoms with E-state index in [1.54, 1.807) is 13.2 Å². The predicted molar refractivity (Wildman–Crippen MR) is 39.3 cm³/mol. The molecule has 0 aliphatic carbocycles. The van der Waals surface area contributed by atoms with Gasteiger partial charge in [0, 0.05) is 13.2 Å².